The number of halogens is 1. The molecule has 0 heterocycles. The summed E-state index contributed by atoms with van der Waals surface area (Å²) in [4.78, 5) is 28.5. The first-order chi connectivity index (χ1) is 17.1. The molecule has 0 bridgehead atoms. The molecule has 1 saturated carbocycles. The van der Waals surface area contributed by atoms with Gasteiger partial charge in [-0.1, -0.05) is 62.6 Å². The molecule has 36 heavy (non-hydrogen) atoms. The predicted molar refractivity (Wildman–Crippen MR) is 144 cm³/mol. The minimum absolute atomic E-state index is 0.114. The van der Waals surface area contributed by atoms with Crippen molar-refractivity contribution in [2.24, 2.45) is 0 Å². The quantitative estimate of drug-likeness (QED) is 0.459. The highest BCUT2D eigenvalue weighted by molar-refractivity contribution is 7.92. The Labute approximate surface area is 219 Å². The van der Waals surface area contributed by atoms with Crippen molar-refractivity contribution in [3.63, 3.8) is 0 Å². The first-order valence-electron chi connectivity index (χ1n) is 12.5. The van der Waals surface area contributed by atoms with Gasteiger partial charge in [-0.3, -0.25) is 13.9 Å². The van der Waals surface area contributed by atoms with Crippen LogP contribution in [0.5, 0.6) is 0 Å². The zero-order valence-electron chi connectivity index (χ0n) is 21.2. The van der Waals surface area contributed by atoms with Crippen LogP contribution in [0.3, 0.4) is 0 Å². The molecule has 2 amide bonds. The zero-order valence-corrected chi connectivity index (χ0v) is 22.8. The molecule has 1 unspecified atom stereocenters. The Hall–Kier alpha value is -2.58. The number of hydrogen-bond donors (Lipinski definition) is 1. The molecule has 0 saturated heterocycles. The van der Waals surface area contributed by atoms with Gasteiger partial charge in [0, 0.05) is 17.6 Å². The lowest BCUT2D eigenvalue weighted by molar-refractivity contribution is -0.140. The van der Waals surface area contributed by atoms with Gasteiger partial charge < -0.3 is 10.2 Å². The van der Waals surface area contributed by atoms with Crippen LogP contribution in [0.1, 0.15) is 57.1 Å². The van der Waals surface area contributed by atoms with E-state index in [9.17, 15) is 18.0 Å². The number of carbonyl (C=O) groups excluding carboxylic acids is 2. The maximum absolute atomic E-state index is 13.7. The fourth-order valence-electron chi connectivity index (χ4n) is 4.59. The summed E-state index contributed by atoms with van der Waals surface area (Å²) in [6.45, 7) is 3.64. The van der Waals surface area contributed by atoms with E-state index in [1.807, 2.05) is 38.1 Å². The van der Waals surface area contributed by atoms with E-state index in [-0.39, 0.29) is 18.5 Å². The van der Waals surface area contributed by atoms with Crippen LogP contribution in [-0.2, 0) is 32.6 Å². The molecular weight excluding hydrogens is 498 g/mol. The number of hydrogen-bond acceptors (Lipinski definition) is 4. The summed E-state index contributed by atoms with van der Waals surface area (Å²) in [5.41, 5.74) is 2.29. The van der Waals surface area contributed by atoms with E-state index >= 15 is 0 Å². The smallest absolute Gasteiger partial charge is 0.244 e. The Bertz CT molecular complexity index is 1130. The molecule has 1 atom stereocenters. The van der Waals surface area contributed by atoms with E-state index in [2.05, 4.69) is 5.32 Å². The molecule has 196 valence electrons. The number of benzene rings is 2. The van der Waals surface area contributed by atoms with Crippen molar-refractivity contribution in [2.75, 3.05) is 17.1 Å². The van der Waals surface area contributed by atoms with Crippen molar-refractivity contribution in [1.29, 1.82) is 0 Å². The third-order valence-electron chi connectivity index (χ3n) is 6.67. The van der Waals surface area contributed by atoms with Crippen LogP contribution < -0.4 is 9.62 Å². The average Bonchev–Trinajstić information content (AvgIpc) is 3.36. The number of sulfonamides is 1. The van der Waals surface area contributed by atoms with Gasteiger partial charge in [0.2, 0.25) is 21.8 Å². The van der Waals surface area contributed by atoms with Gasteiger partial charge in [0.25, 0.3) is 0 Å². The molecule has 0 radical (unpaired) electrons. The predicted octanol–water partition coefficient (Wildman–Crippen LogP) is 4.53. The molecule has 2 aromatic carbocycles. The number of anilines is 1. The second-order valence-corrected chi connectivity index (χ2v) is 11.7. The van der Waals surface area contributed by atoms with Gasteiger partial charge in [-0.2, -0.15) is 0 Å². The van der Waals surface area contributed by atoms with Crippen LogP contribution in [0.2, 0.25) is 5.02 Å². The van der Waals surface area contributed by atoms with E-state index in [0.29, 0.717) is 17.1 Å². The summed E-state index contributed by atoms with van der Waals surface area (Å²) in [6.07, 6.45) is 6.33. The van der Waals surface area contributed by atoms with Crippen LogP contribution >= 0.6 is 11.6 Å². The van der Waals surface area contributed by atoms with Crippen LogP contribution in [0.15, 0.2) is 48.5 Å². The minimum atomic E-state index is -3.75. The van der Waals surface area contributed by atoms with E-state index in [1.165, 1.54) is 4.90 Å². The third kappa shape index (κ3) is 7.46. The molecule has 1 N–H and O–H groups in total. The number of aryl methyl sites for hydroxylation is 1. The van der Waals surface area contributed by atoms with Gasteiger partial charge in [-0.05, 0) is 61.1 Å². The summed E-state index contributed by atoms with van der Waals surface area (Å²) < 4.78 is 26.5. The van der Waals surface area contributed by atoms with E-state index in [1.54, 1.807) is 24.3 Å². The molecule has 1 aliphatic carbocycles. The molecule has 7 nitrogen and oxygen atoms in total. The summed E-state index contributed by atoms with van der Waals surface area (Å²) in [6, 6.07) is 13.6. The summed E-state index contributed by atoms with van der Waals surface area (Å²) in [5.74, 6) is -0.645. The summed E-state index contributed by atoms with van der Waals surface area (Å²) in [5, 5.41) is 3.67. The number of carbonyl (C=O) groups is 2. The van der Waals surface area contributed by atoms with Crippen molar-refractivity contribution in [2.45, 2.75) is 71.0 Å². The van der Waals surface area contributed by atoms with Gasteiger partial charge in [-0.25, -0.2) is 8.42 Å². The fraction of sp³-hybridized carbons (Fsp3) is 0.481. The molecule has 3 rings (SSSR count). The number of nitrogens with one attached hydrogen (secondary N) is 1. The standard InChI is InChI=1S/C27H36ClN3O4S/c1-4-20-12-16-24(17-13-20)31(36(3,34)35)19-26(32)30(18-21-10-14-22(28)15-11-21)25(5-2)27(33)29-23-8-6-7-9-23/h10-17,23,25H,4-9,18-19H2,1-3H3,(H,29,33). The lowest BCUT2D eigenvalue weighted by Gasteiger charge is -2.33. The van der Waals surface area contributed by atoms with Crippen LogP contribution in [-0.4, -0.2) is 50.0 Å². The molecule has 1 fully saturated rings. The van der Waals surface area contributed by atoms with Crippen molar-refractivity contribution in [3.8, 4) is 0 Å². The third-order valence-corrected chi connectivity index (χ3v) is 8.06. The number of amides is 2. The molecule has 0 aliphatic heterocycles. The van der Waals surface area contributed by atoms with Crippen molar-refractivity contribution < 1.29 is 18.0 Å². The second kappa shape index (κ2) is 12.6. The maximum Gasteiger partial charge on any atom is 0.244 e. The lowest BCUT2D eigenvalue weighted by Crippen LogP contribution is -2.53. The second-order valence-electron chi connectivity index (χ2n) is 9.35. The van der Waals surface area contributed by atoms with E-state index < -0.39 is 28.5 Å². The monoisotopic (exact) mass is 533 g/mol. The first-order valence-corrected chi connectivity index (χ1v) is 14.8. The molecular formula is C27H36ClN3O4S. The van der Waals surface area contributed by atoms with Crippen LogP contribution in [0, 0.1) is 0 Å². The van der Waals surface area contributed by atoms with Gasteiger partial charge in [0.15, 0.2) is 0 Å². The van der Waals surface area contributed by atoms with Gasteiger partial charge in [-0.15, -0.1) is 0 Å². The Morgan fingerprint density at radius 3 is 2.11 bits per heavy atom. The Balaban J connectivity index is 1.90. The molecule has 1 aliphatic rings. The molecule has 0 spiro atoms. The normalized spacial score (nSPS) is 14.9. The minimum Gasteiger partial charge on any atom is -0.352 e. The van der Waals surface area contributed by atoms with Crippen LogP contribution in [0.4, 0.5) is 5.69 Å². The highest BCUT2D eigenvalue weighted by Crippen LogP contribution is 2.22. The van der Waals surface area contributed by atoms with Gasteiger partial charge in [0.05, 0.1) is 11.9 Å². The average molecular weight is 534 g/mol. The van der Waals surface area contributed by atoms with Crippen molar-refractivity contribution in [3.05, 3.63) is 64.7 Å². The summed E-state index contributed by atoms with van der Waals surface area (Å²) >= 11 is 6.04. The van der Waals surface area contributed by atoms with E-state index in [0.717, 1.165) is 53.8 Å². The molecule has 9 heteroatoms. The van der Waals surface area contributed by atoms with Crippen LogP contribution in [0.25, 0.3) is 0 Å². The Morgan fingerprint density at radius 1 is 1.00 bits per heavy atom. The van der Waals surface area contributed by atoms with Crippen molar-refractivity contribution in [1.82, 2.24) is 10.2 Å². The molecule has 0 aromatic heterocycles. The molecule has 2 aromatic rings. The Morgan fingerprint density at radius 2 is 1.58 bits per heavy atom. The van der Waals surface area contributed by atoms with Gasteiger partial charge >= 0.3 is 0 Å². The topological polar surface area (TPSA) is 86.8 Å². The highest BCUT2D eigenvalue weighted by Gasteiger charge is 2.33. The SMILES string of the molecule is CCc1ccc(N(CC(=O)N(Cc2ccc(Cl)cc2)C(CC)C(=O)NC2CCCC2)S(C)(=O)=O)cc1. The summed E-state index contributed by atoms with van der Waals surface area (Å²) in [7, 11) is -3.75. The fourth-order valence-corrected chi connectivity index (χ4v) is 5.56. The number of nitrogens with zero attached hydrogens (tertiary/aromatic N) is 2. The van der Waals surface area contributed by atoms with Gasteiger partial charge in [0.1, 0.15) is 12.6 Å². The van der Waals surface area contributed by atoms with E-state index in [4.69, 9.17) is 11.6 Å². The van der Waals surface area contributed by atoms with Crippen molar-refractivity contribution >= 4 is 39.1 Å². The lowest BCUT2D eigenvalue weighted by atomic mass is 10.1. The maximum atomic E-state index is 13.7. The zero-order chi connectivity index (χ0) is 26.3. The number of rotatable bonds is 11. The highest BCUT2D eigenvalue weighted by atomic mass is 35.5. The largest absolute Gasteiger partial charge is 0.352 e. The Kier molecular flexibility index (Phi) is 9.79. The first kappa shape index (κ1) is 28.0.